The predicted molar refractivity (Wildman–Crippen MR) is 55.9 cm³/mol. The Morgan fingerprint density at radius 1 is 1.47 bits per heavy atom. The van der Waals surface area contributed by atoms with Crippen LogP contribution in [0.2, 0.25) is 5.02 Å². The van der Waals surface area contributed by atoms with Crippen molar-refractivity contribution in [2.75, 3.05) is 7.11 Å². The number of hydrogen-bond donors (Lipinski definition) is 0. The minimum absolute atomic E-state index is 0.398. The number of rotatable bonds is 1. The SMILES string of the molecule is COC(=O)c1ccc2nncc(Cl)c2c1. The fourth-order valence-corrected chi connectivity index (χ4v) is 1.47. The van der Waals surface area contributed by atoms with Gasteiger partial charge in [-0.25, -0.2) is 4.79 Å². The first-order valence-electron chi connectivity index (χ1n) is 4.21. The highest BCUT2D eigenvalue weighted by molar-refractivity contribution is 6.35. The van der Waals surface area contributed by atoms with Crippen LogP contribution < -0.4 is 0 Å². The molecule has 0 aliphatic rings. The summed E-state index contributed by atoms with van der Waals surface area (Å²) in [5, 5.41) is 8.74. The number of esters is 1. The smallest absolute Gasteiger partial charge is 0.337 e. The van der Waals surface area contributed by atoms with E-state index < -0.39 is 5.97 Å². The van der Waals surface area contributed by atoms with E-state index in [4.69, 9.17) is 11.6 Å². The van der Waals surface area contributed by atoms with Crippen LogP contribution in [-0.4, -0.2) is 23.3 Å². The Morgan fingerprint density at radius 2 is 2.27 bits per heavy atom. The van der Waals surface area contributed by atoms with Gasteiger partial charge in [-0.2, -0.15) is 10.2 Å². The second-order valence-electron chi connectivity index (χ2n) is 2.92. The number of hydrogen-bond acceptors (Lipinski definition) is 4. The second kappa shape index (κ2) is 3.82. The molecule has 0 fully saturated rings. The van der Waals surface area contributed by atoms with Gasteiger partial charge in [-0.1, -0.05) is 11.6 Å². The third-order valence-electron chi connectivity index (χ3n) is 2.01. The molecule has 0 spiro atoms. The summed E-state index contributed by atoms with van der Waals surface area (Å²) in [6.45, 7) is 0. The highest BCUT2D eigenvalue weighted by atomic mass is 35.5. The molecule has 0 atom stereocenters. The van der Waals surface area contributed by atoms with Crippen molar-refractivity contribution in [2.24, 2.45) is 0 Å². The molecule has 0 bridgehead atoms. The van der Waals surface area contributed by atoms with Gasteiger partial charge in [0.15, 0.2) is 0 Å². The molecular weight excluding hydrogens is 216 g/mol. The van der Waals surface area contributed by atoms with Crippen molar-refractivity contribution in [2.45, 2.75) is 0 Å². The number of carbonyl (C=O) groups is 1. The van der Waals surface area contributed by atoms with Gasteiger partial charge in [0, 0.05) is 5.39 Å². The molecule has 0 N–H and O–H groups in total. The Hall–Kier alpha value is -1.68. The number of aromatic nitrogens is 2. The largest absolute Gasteiger partial charge is 0.465 e. The van der Waals surface area contributed by atoms with E-state index in [1.54, 1.807) is 18.2 Å². The molecule has 0 saturated carbocycles. The molecule has 2 aromatic rings. The quantitative estimate of drug-likeness (QED) is 0.693. The van der Waals surface area contributed by atoms with Crippen LogP contribution in [0, 0.1) is 0 Å². The Balaban J connectivity index is 2.64. The summed E-state index contributed by atoms with van der Waals surface area (Å²) in [5.41, 5.74) is 1.09. The lowest BCUT2D eigenvalue weighted by Crippen LogP contribution is -2.00. The van der Waals surface area contributed by atoms with Gasteiger partial charge in [0.2, 0.25) is 0 Å². The lowest BCUT2D eigenvalue weighted by Gasteiger charge is -2.01. The van der Waals surface area contributed by atoms with Crippen LogP contribution in [0.5, 0.6) is 0 Å². The first-order valence-corrected chi connectivity index (χ1v) is 4.59. The summed E-state index contributed by atoms with van der Waals surface area (Å²) in [7, 11) is 1.33. The van der Waals surface area contributed by atoms with Crippen LogP contribution in [0.4, 0.5) is 0 Å². The number of benzene rings is 1. The molecule has 15 heavy (non-hydrogen) atoms. The van der Waals surface area contributed by atoms with Gasteiger partial charge < -0.3 is 4.74 Å². The van der Waals surface area contributed by atoms with Crippen LogP contribution in [0.1, 0.15) is 10.4 Å². The molecule has 2 rings (SSSR count). The maximum atomic E-state index is 11.3. The standard InChI is InChI=1S/C10H7ClN2O2/c1-15-10(14)6-2-3-9-7(4-6)8(11)5-12-13-9/h2-5H,1H3. The highest BCUT2D eigenvalue weighted by Crippen LogP contribution is 2.21. The molecule has 0 unspecified atom stereocenters. The molecule has 0 saturated heterocycles. The summed E-state index contributed by atoms with van der Waals surface area (Å²) in [6, 6.07) is 4.94. The normalized spacial score (nSPS) is 10.3. The first-order chi connectivity index (χ1) is 7.22. The van der Waals surface area contributed by atoms with E-state index in [1.807, 2.05) is 0 Å². The van der Waals surface area contributed by atoms with E-state index in [9.17, 15) is 4.79 Å². The van der Waals surface area contributed by atoms with E-state index in [-0.39, 0.29) is 0 Å². The average Bonchev–Trinajstić information content (AvgIpc) is 2.28. The molecule has 0 aliphatic heterocycles. The van der Waals surface area contributed by atoms with E-state index in [0.717, 1.165) is 0 Å². The second-order valence-corrected chi connectivity index (χ2v) is 3.32. The third-order valence-corrected chi connectivity index (χ3v) is 2.31. The molecule has 0 amide bonds. The molecule has 0 aliphatic carbocycles. The summed E-state index contributed by atoms with van der Waals surface area (Å²) < 4.78 is 4.61. The zero-order chi connectivity index (χ0) is 10.8. The van der Waals surface area contributed by atoms with Crippen LogP contribution in [0.3, 0.4) is 0 Å². The molecule has 1 heterocycles. The number of halogens is 1. The maximum Gasteiger partial charge on any atom is 0.337 e. The van der Waals surface area contributed by atoms with Gasteiger partial charge in [-0.05, 0) is 18.2 Å². The molecular formula is C10H7ClN2O2. The third kappa shape index (κ3) is 1.76. The number of fused-ring (bicyclic) bond motifs is 1. The minimum atomic E-state index is -0.398. The Labute approximate surface area is 90.8 Å². The molecule has 1 aromatic carbocycles. The Kier molecular flexibility index (Phi) is 2.51. The lowest BCUT2D eigenvalue weighted by molar-refractivity contribution is 0.0601. The zero-order valence-electron chi connectivity index (χ0n) is 7.90. The fraction of sp³-hybridized carbons (Fsp3) is 0.100. The molecule has 0 radical (unpaired) electrons. The Morgan fingerprint density at radius 3 is 3.00 bits per heavy atom. The van der Waals surface area contributed by atoms with Gasteiger partial charge in [0.05, 0.1) is 29.4 Å². The van der Waals surface area contributed by atoms with E-state index >= 15 is 0 Å². The van der Waals surface area contributed by atoms with Crippen LogP contribution in [0.25, 0.3) is 10.9 Å². The van der Waals surface area contributed by atoms with Crippen molar-refractivity contribution in [3.63, 3.8) is 0 Å². The topological polar surface area (TPSA) is 52.1 Å². The number of carbonyl (C=O) groups excluding carboxylic acids is 1. The highest BCUT2D eigenvalue weighted by Gasteiger charge is 2.08. The summed E-state index contributed by atoms with van der Waals surface area (Å²) in [5.74, 6) is -0.398. The number of ether oxygens (including phenoxy) is 1. The molecule has 76 valence electrons. The van der Waals surface area contributed by atoms with E-state index in [0.29, 0.717) is 21.5 Å². The van der Waals surface area contributed by atoms with Crippen molar-refractivity contribution in [1.29, 1.82) is 0 Å². The van der Waals surface area contributed by atoms with Crippen molar-refractivity contribution in [3.8, 4) is 0 Å². The van der Waals surface area contributed by atoms with Gasteiger partial charge >= 0.3 is 5.97 Å². The van der Waals surface area contributed by atoms with Crippen molar-refractivity contribution < 1.29 is 9.53 Å². The monoisotopic (exact) mass is 222 g/mol. The van der Waals surface area contributed by atoms with E-state index in [2.05, 4.69) is 14.9 Å². The van der Waals surface area contributed by atoms with Crippen LogP contribution >= 0.6 is 11.6 Å². The molecule has 5 heteroatoms. The maximum absolute atomic E-state index is 11.3. The number of methoxy groups -OCH3 is 1. The molecule has 4 nitrogen and oxygen atoms in total. The fourth-order valence-electron chi connectivity index (χ4n) is 1.27. The summed E-state index contributed by atoms with van der Waals surface area (Å²) in [4.78, 5) is 11.3. The van der Waals surface area contributed by atoms with Gasteiger partial charge in [0.25, 0.3) is 0 Å². The van der Waals surface area contributed by atoms with Crippen molar-refractivity contribution >= 4 is 28.5 Å². The van der Waals surface area contributed by atoms with E-state index in [1.165, 1.54) is 13.3 Å². The van der Waals surface area contributed by atoms with Crippen molar-refractivity contribution in [3.05, 3.63) is 35.0 Å². The average molecular weight is 223 g/mol. The summed E-state index contributed by atoms with van der Waals surface area (Å²) in [6.07, 6.45) is 1.44. The predicted octanol–water partition coefficient (Wildman–Crippen LogP) is 2.07. The van der Waals surface area contributed by atoms with Gasteiger partial charge in [0.1, 0.15) is 0 Å². The number of nitrogens with zero attached hydrogens (tertiary/aromatic N) is 2. The van der Waals surface area contributed by atoms with Gasteiger partial charge in [-0.15, -0.1) is 0 Å². The van der Waals surface area contributed by atoms with Crippen molar-refractivity contribution in [1.82, 2.24) is 10.2 Å². The van der Waals surface area contributed by atoms with Gasteiger partial charge in [-0.3, -0.25) is 0 Å². The van der Waals surface area contributed by atoms with Crippen LogP contribution in [-0.2, 0) is 4.74 Å². The lowest BCUT2D eigenvalue weighted by atomic mass is 10.1. The van der Waals surface area contributed by atoms with Crippen LogP contribution in [0.15, 0.2) is 24.4 Å². The zero-order valence-corrected chi connectivity index (χ0v) is 8.65. The molecule has 1 aromatic heterocycles. The minimum Gasteiger partial charge on any atom is -0.465 e. The summed E-state index contributed by atoms with van der Waals surface area (Å²) >= 11 is 5.92. The first kappa shape index (κ1) is 9.86. The Bertz CT molecular complexity index is 528.